The van der Waals surface area contributed by atoms with Crippen molar-refractivity contribution in [3.05, 3.63) is 36.2 Å². The predicted octanol–water partition coefficient (Wildman–Crippen LogP) is 1.54. The molecule has 2 atom stereocenters. The van der Waals surface area contributed by atoms with Gasteiger partial charge in [-0.3, -0.25) is 9.78 Å². The normalized spacial score (nSPS) is 20.5. The molecule has 1 fully saturated rings. The monoisotopic (exact) mass is 347 g/mol. The highest BCUT2D eigenvalue weighted by atomic mass is 16.5. The Balaban J connectivity index is 1.90. The molecule has 2 unspecified atom stereocenters. The zero-order valence-electron chi connectivity index (χ0n) is 14.9. The number of carbonyl (C=O) groups is 2. The van der Waals surface area contributed by atoms with Crippen molar-refractivity contribution >= 4 is 17.6 Å². The maximum atomic E-state index is 12.2. The van der Waals surface area contributed by atoms with Crippen LogP contribution in [0.3, 0.4) is 0 Å². The van der Waals surface area contributed by atoms with Crippen LogP contribution in [0.15, 0.2) is 30.5 Å². The van der Waals surface area contributed by atoms with Crippen molar-refractivity contribution in [1.29, 1.82) is 0 Å². The number of anilines is 1. The molecule has 2 heterocycles. The van der Waals surface area contributed by atoms with Crippen LogP contribution in [-0.4, -0.2) is 55.8 Å². The highest BCUT2D eigenvalue weighted by Crippen LogP contribution is 2.20. The Morgan fingerprint density at radius 3 is 2.80 bits per heavy atom. The molecule has 1 aliphatic rings. The van der Waals surface area contributed by atoms with Crippen molar-refractivity contribution in [1.82, 2.24) is 10.3 Å². The van der Waals surface area contributed by atoms with Gasteiger partial charge in [-0.1, -0.05) is 6.08 Å². The number of amides is 1. The number of hydrogen-bond donors (Lipinski definition) is 1. The van der Waals surface area contributed by atoms with Crippen LogP contribution in [0.1, 0.15) is 30.8 Å². The summed E-state index contributed by atoms with van der Waals surface area (Å²) in [5, 5.41) is 2.79. The number of ether oxygens (including phenoxy) is 2. The molecule has 7 heteroatoms. The fourth-order valence-corrected chi connectivity index (χ4v) is 2.74. The van der Waals surface area contributed by atoms with Gasteiger partial charge in [0.2, 0.25) is 0 Å². The third-order valence-electron chi connectivity index (χ3n) is 3.81. The second-order valence-corrected chi connectivity index (χ2v) is 6.03. The summed E-state index contributed by atoms with van der Waals surface area (Å²) in [6.45, 7) is 6.07. The maximum Gasteiger partial charge on any atom is 0.330 e. The summed E-state index contributed by atoms with van der Waals surface area (Å²) in [4.78, 5) is 29.5. The predicted molar refractivity (Wildman–Crippen MR) is 94.6 cm³/mol. The average Bonchev–Trinajstić information content (AvgIpc) is 2.60. The van der Waals surface area contributed by atoms with E-state index in [0.29, 0.717) is 18.7 Å². The number of esters is 1. The Hall–Kier alpha value is -2.41. The molecular weight excluding hydrogens is 322 g/mol. The van der Waals surface area contributed by atoms with E-state index in [4.69, 9.17) is 4.74 Å². The first-order valence-electron chi connectivity index (χ1n) is 8.38. The molecule has 136 valence electrons. The van der Waals surface area contributed by atoms with Gasteiger partial charge >= 0.3 is 5.97 Å². The molecule has 0 radical (unpaired) electrons. The topological polar surface area (TPSA) is 80.8 Å². The summed E-state index contributed by atoms with van der Waals surface area (Å²) in [5.41, 5.74) is 1.34. The van der Waals surface area contributed by atoms with Crippen molar-refractivity contribution in [2.75, 3.05) is 31.6 Å². The van der Waals surface area contributed by atoms with Crippen molar-refractivity contribution in [2.45, 2.75) is 32.5 Å². The number of hydrogen-bond acceptors (Lipinski definition) is 6. The number of nitrogens with one attached hydrogen (secondary N) is 1. The molecule has 0 aliphatic carbocycles. The molecule has 0 bridgehead atoms. The lowest BCUT2D eigenvalue weighted by Gasteiger charge is -2.36. The molecule has 1 aromatic rings. The van der Waals surface area contributed by atoms with E-state index >= 15 is 0 Å². The molecule has 2 rings (SSSR count). The summed E-state index contributed by atoms with van der Waals surface area (Å²) in [6.07, 6.45) is 5.48. The Morgan fingerprint density at radius 1 is 1.40 bits per heavy atom. The van der Waals surface area contributed by atoms with Crippen LogP contribution in [-0.2, 0) is 14.3 Å². The fraction of sp³-hybridized carbons (Fsp3) is 0.500. The smallest absolute Gasteiger partial charge is 0.330 e. The van der Waals surface area contributed by atoms with Crippen LogP contribution in [0.4, 0.5) is 5.69 Å². The molecule has 1 saturated heterocycles. The third-order valence-corrected chi connectivity index (χ3v) is 3.81. The van der Waals surface area contributed by atoms with E-state index in [1.807, 2.05) is 19.9 Å². The lowest BCUT2D eigenvalue weighted by atomic mass is 10.2. The highest BCUT2D eigenvalue weighted by molar-refractivity contribution is 5.93. The summed E-state index contributed by atoms with van der Waals surface area (Å²) in [5.74, 6) is -0.641. The minimum atomic E-state index is -0.408. The lowest BCUT2D eigenvalue weighted by Crippen LogP contribution is -2.45. The largest absolute Gasteiger partial charge is 0.466 e. The average molecular weight is 347 g/mol. The lowest BCUT2D eigenvalue weighted by molar-refractivity contribution is -0.134. The van der Waals surface area contributed by atoms with Crippen LogP contribution in [0, 0.1) is 0 Å². The van der Waals surface area contributed by atoms with Gasteiger partial charge in [-0.05, 0) is 32.4 Å². The van der Waals surface area contributed by atoms with Gasteiger partial charge in [-0.2, -0.15) is 0 Å². The van der Waals surface area contributed by atoms with Gasteiger partial charge in [0.1, 0.15) is 5.69 Å². The number of carbonyl (C=O) groups excluding carboxylic acids is 2. The van der Waals surface area contributed by atoms with E-state index < -0.39 is 5.97 Å². The zero-order chi connectivity index (χ0) is 18.2. The minimum absolute atomic E-state index is 0.149. The molecule has 25 heavy (non-hydrogen) atoms. The summed E-state index contributed by atoms with van der Waals surface area (Å²) < 4.78 is 10.2. The van der Waals surface area contributed by atoms with E-state index in [2.05, 4.69) is 19.9 Å². The number of pyridine rings is 1. The number of morpholine rings is 1. The quantitative estimate of drug-likeness (QED) is 0.478. The van der Waals surface area contributed by atoms with Crippen LogP contribution >= 0.6 is 0 Å². The number of nitrogens with zero attached hydrogens (tertiary/aromatic N) is 2. The third kappa shape index (κ3) is 5.86. The first-order valence-corrected chi connectivity index (χ1v) is 8.38. The van der Waals surface area contributed by atoms with Crippen LogP contribution in [0.25, 0.3) is 0 Å². The van der Waals surface area contributed by atoms with Crippen LogP contribution < -0.4 is 10.2 Å². The Bertz CT molecular complexity index is 623. The summed E-state index contributed by atoms with van der Waals surface area (Å²) in [6, 6.07) is 3.70. The summed E-state index contributed by atoms with van der Waals surface area (Å²) >= 11 is 0. The molecule has 1 aliphatic heterocycles. The first-order chi connectivity index (χ1) is 12.0. The van der Waals surface area contributed by atoms with Crippen molar-refractivity contribution in [3.63, 3.8) is 0 Å². The Labute approximate surface area is 148 Å². The molecule has 1 amide bonds. The second kappa shape index (κ2) is 9.17. The van der Waals surface area contributed by atoms with Gasteiger partial charge in [0.25, 0.3) is 5.91 Å². The molecule has 1 N–H and O–H groups in total. The van der Waals surface area contributed by atoms with Gasteiger partial charge in [-0.25, -0.2) is 4.79 Å². The standard InChI is InChI=1S/C18H25N3O4/c1-13-11-21(12-14(2)25-13)15-7-9-19-16(10-15)18(23)20-8-5-4-6-17(22)24-3/h4,6-7,9-10,13-14H,5,8,11-12H2,1-3H3,(H,20,23)/b6-4+. The fourth-order valence-electron chi connectivity index (χ4n) is 2.74. The van der Waals surface area contributed by atoms with Gasteiger partial charge in [0.15, 0.2) is 0 Å². The SMILES string of the molecule is COC(=O)/C=C/CCNC(=O)c1cc(N2CC(C)OC(C)C2)ccn1. The Kier molecular flexibility index (Phi) is 6.94. The first kappa shape index (κ1) is 18.9. The van der Waals surface area contributed by atoms with Crippen molar-refractivity contribution < 1.29 is 19.1 Å². The minimum Gasteiger partial charge on any atom is -0.466 e. The van der Waals surface area contributed by atoms with Gasteiger partial charge in [0, 0.05) is 37.6 Å². The van der Waals surface area contributed by atoms with Crippen LogP contribution in [0.5, 0.6) is 0 Å². The van der Waals surface area contributed by atoms with Gasteiger partial charge in [0.05, 0.1) is 19.3 Å². The van der Waals surface area contributed by atoms with E-state index in [0.717, 1.165) is 18.8 Å². The van der Waals surface area contributed by atoms with Gasteiger partial charge in [-0.15, -0.1) is 0 Å². The molecule has 7 nitrogen and oxygen atoms in total. The van der Waals surface area contributed by atoms with E-state index in [1.165, 1.54) is 13.2 Å². The zero-order valence-corrected chi connectivity index (χ0v) is 14.9. The van der Waals surface area contributed by atoms with Crippen LogP contribution in [0.2, 0.25) is 0 Å². The van der Waals surface area contributed by atoms with Crippen molar-refractivity contribution in [3.8, 4) is 0 Å². The number of rotatable bonds is 6. The molecular formula is C18H25N3O4. The summed E-state index contributed by atoms with van der Waals surface area (Å²) in [7, 11) is 1.32. The molecule has 0 saturated carbocycles. The number of aromatic nitrogens is 1. The second-order valence-electron chi connectivity index (χ2n) is 6.03. The van der Waals surface area contributed by atoms with E-state index in [-0.39, 0.29) is 18.1 Å². The van der Waals surface area contributed by atoms with E-state index in [1.54, 1.807) is 18.3 Å². The van der Waals surface area contributed by atoms with E-state index in [9.17, 15) is 9.59 Å². The van der Waals surface area contributed by atoms with Crippen molar-refractivity contribution in [2.24, 2.45) is 0 Å². The Morgan fingerprint density at radius 2 is 2.12 bits per heavy atom. The molecule has 0 aromatic carbocycles. The molecule has 0 spiro atoms. The van der Waals surface area contributed by atoms with Gasteiger partial charge < -0.3 is 19.7 Å². The highest BCUT2D eigenvalue weighted by Gasteiger charge is 2.23. The number of methoxy groups -OCH3 is 1. The molecule has 1 aromatic heterocycles. The maximum absolute atomic E-state index is 12.2.